The third-order valence-electron chi connectivity index (χ3n) is 4.63. The molecule has 4 rings (SSSR count). The molecule has 6 heteroatoms. The molecule has 0 atom stereocenters. The Kier molecular flexibility index (Phi) is 4.01. The third kappa shape index (κ3) is 2.86. The zero-order valence-corrected chi connectivity index (χ0v) is 14.3. The number of rotatable bonds is 3. The topological polar surface area (TPSA) is 106 Å². The fourth-order valence-electron chi connectivity index (χ4n) is 3.39. The fourth-order valence-corrected chi connectivity index (χ4v) is 3.39. The van der Waals surface area contributed by atoms with Gasteiger partial charge in [0.05, 0.1) is 17.6 Å². The van der Waals surface area contributed by atoms with E-state index < -0.39 is 0 Å². The van der Waals surface area contributed by atoms with Crippen molar-refractivity contribution >= 4 is 17.5 Å². The lowest BCUT2D eigenvalue weighted by molar-refractivity contribution is 0.809. The normalized spacial score (nSPS) is 15.0. The second kappa shape index (κ2) is 6.48. The number of fused-ring (bicyclic) bond motifs is 1. The third-order valence-corrected chi connectivity index (χ3v) is 4.63. The summed E-state index contributed by atoms with van der Waals surface area (Å²) in [7, 11) is 0. The molecule has 0 saturated carbocycles. The van der Waals surface area contributed by atoms with Crippen molar-refractivity contribution in [3.8, 4) is 11.3 Å². The number of benzene rings is 2. The highest BCUT2D eigenvalue weighted by Gasteiger charge is 2.20. The molecular formula is C20H20N6. The van der Waals surface area contributed by atoms with E-state index in [1.165, 1.54) is 0 Å². The second-order valence-corrected chi connectivity index (χ2v) is 6.34. The zero-order valence-electron chi connectivity index (χ0n) is 14.3. The molecule has 5 N–H and O–H groups in total. The van der Waals surface area contributed by atoms with Gasteiger partial charge in [0, 0.05) is 16.7 Å². The van der Waals surface area contributed by atoms with Crippen LogP contribution in [0.5, 0.6) is 0 Å². The van der Waals surface area contributed by atoms with E-state index in [9.17, 15) is 0 Å². The number of hydrogen-bond donors (Lipinski definition) is 3. The molecular weight excluding hydrogens is 324 g/mol. The van der Waals surface area contributed by atoms with Crippen molar-refractivity contribution in [3.05, 3.63) is 71.4 Å². The molecule has 1 aliphatic rings. The maximum Gasteiger partial charge on any atom is 0.221 e. The Morgan fingerprint density at radius 1 is 1.08 bits per heavy atom. The van der Waals surface area contributed by atoms with Gasteiger partial charge in [-0.25, -0.2) is 9.66 Å². The van der Waals surface area contributed by atoms with E-state index in [0.29, 0.717) is 5.95 Å². The van der Waals surface area contributed by atoms with Gasteiger partial charge in [-0.3, -0.25) is 5.41 Å². The van der Waals surface area contributed by atoms with Gasteiger partial charge in [0.25, 0.3) is 0 Å². The molecule has 0 radical (unpaired) electrons. The van der Waals surface area contributed by atoms with Gasteiger partial charge in [-0.2, -0.15) is 5.10 Å². The molecule has 0 bridgehead atoms. The maximum absolute atomic E-state index is 7.80. The highest BCUT2D eigenvalue weighted by molar-refractivity contribution is 6.06. The number of amidine groups is 1. The summed E-state index contributed by atoms with van der Waals surface area (Å²) < 4.78 is 1.63. The van der Waals surface area contributed by atoms with E-state index >= 15 is 0 Å². The van der Waals surface area contributed by atoms with Crippen LogP contribution in [0.15, 0.2) is 59.8 Å². The standard InChI is InChI=1S/C20H20N6/c21-19(22)16-10-4-9-15-14(16)8-5-11-17(15)25-26-12-18(24-20(26)23)13-6-2-1-3-7-13/h1-4,6-7,9-10,12H,5,8,11H2,(H3,21,22)(H2,23,24). The quantitative estimate of drug-likeness (QED) is 0.502. The maximum atomic E-state index is 7.80. The van der Waals surface area contributed by atoms with Crippen LogP contribution < -0.4 is 11.5 Å². The van der Waals surface area contributed by atoms with Crippen LogP contribution in [0.25, 0.3) is 11.3 Å². The molecule has 2 aromatic carbocycles. The highest BCUT2D eigenvalue weighted by Crippen LogP contribution is 2.26. The number of aromatic nitrogens is 2. The molecule has 130 valence electrons. The first-order chi connectivity index (χ1) is 12.6. The minimum Gasteiger partial charge on any atom is -0.384 e. The van der Waals surface area contributed by atoms with Crippen molar-refractivity contribution in [1.82, 2.24) is 9.66 Å². The van der Waals surface area contributed by atoms with Gasteiger partial charge in [0.15, 0.2) is 0 Å². The first-order valence-corrected chi connectivity index (χ1v) is 8.58. The Bertz CT molecular complexity index is 1000. The molecule has 0 fully saturated rings. The van der Waals surface area contributed by atoms with Crippen LogP contribution in [-0.2, 0) is 6.42 Å². The minimum atomic E-state index is 0.0941. The predicted octanol–water partition coefficient (Wildman–Crippen LogP) is 3.01. The smallest absolute Gasteiger partial charge is 0.221 e. The van der Waals surface area contributed by atoms with Crippen molar-refractivity contribution in [3.63, 3.8) is 0 Å². The van der Waals surface area contributed by atoms with Crippen LogP contribution in [-0.4, -0.2) is 21.2 Å². The van der Waals surface area contributed by atoms with E-state index in [0.717, 1.165) is 52.9 Å². The zero-order chi connectivity index (χ0) is 18.1. The molecule has 3 aromatic rings. The summed E-state index contributed by atoms with van der Waals surface area (Å²) in [5.41, 5.74) is 17.5. The van der Waals surface area contributed by atoms with Gasteiger partial charge < -0.3 is 11.5 Å². The Balaban J connectivity index is 1.76. The Labute approximate surface area is 151 Å². The molecule has 0 saturated heterocycles. The molecule has 6 nitrogen and oxygen atoms in total. The predicted molar refractivity (Wildman–Crippen MR) is 104 cm³/mol. The lowest BCUT2D eigenvalue weighted by Crippen LogP contribution is -2.20. The lowest BCUT2D eigenvalue weighted by atomic mass is 9.86. The van der Waals surface area contributed by atoms with E-state index in [-0.39, 0.29) is 5.84 Å². The number of nitrogens with one attached hydrogen (secondary N) is 1. The number of anilines is 1. The summed E-state index contributed by atoms with van der Waals surface area (Å²) in [5.74, 6) is 0.447. The Morgan fingerprint density at radius 3 is 2.65 bits per heavy atom. The van der Waals surface area contributed by atoms with Crippen LogP contribution in [0.4, 0.5) is 5.95 Å². The molecule has 1 aliphatic carbocycles. The summed E-state index contributed by atoms with van der Waals surface area (Å²) >= 11 is 0. The summed E-state index contributed by atoms with van der Waals surface area (Å²) in [6.45, 7) is 0. The van der Waals surface area contributed by atoms with Crippen molar-refractivity contribution in [1.29, 1.82) is 5.41 Å². The number of hydrogen-bond acceptors (Lipinski definition) is 4. The number of nitrogens with two attached hydrogens (primary N) is 2. The summed E-state index contributed by atoms with van der Waals surface area (Å²) in [5, 5.41) is 12.5. The van der Waals surface area contributed by atoms with Gasteiger partial charge >= 0.3 is 0 Å². The summed E-state index contributed by atoms with van der Waals surface area (Å²) in [4.78, 5) is 4.43. The molecule has 0 amide bonds. The minimum absolute atomic E-state index is 0.0941. The van der Waals surface area contributed by atoms with Crippen molar-refractivity contribution < 1.29 is 0 Å². The van der Waals surface area contributed by atoms with Crippen molar-refractivity contribution in [2.45, 2.75) is 19.3 Å². The van der Waals surface area contributed by atoms with Gasteiger partial charge in [0.2, 0.25) is 5.95 Å². The molecule has 1 heterocycles. The average molecular weight is 344 g/mol. The van der Waals surface area contributed by atoms with Gasteiger partial charge in [-0.05, 0) is 24.8 Å². The molecule has 0 aliphatic heterocycles. The number of nitrogens with zero attached hydrogens (tertiary/aromatic N) is 3. The van der Waals surface area contributed by atoms with E-state index in [1.807, 2.05) is 54.7 Å². The molecule has 0 spiro atoms. The SMILES string of the molecule is N=C(N)c1cccc2c1CCCC2=Nn1cc(-c2ccccc2)nc1N. The van der Waals surface area contributed by atoms with Crippen LogP contribution >= 0.6 is 0 Å². The largest absolute Gasteiger partial charge is 0.384 e. The number of nitrogen functional groups attached to an aromatic ring is 2. The summed E-state index contributed by atoms with van der Waals surface area (Å²) in [6, 6.07) is 15.7. The van der Waals surface area contributed by atoms with Crippen LogP contribution in [0, 0.1) is 5.41 Å². The second-order valence-electron chi connectivity index (χ2n) is 6.34. The molecule has 26 heavy (non-hydrogen) atoms. The Morgan fingerprint density at radius 2 is 1.88 bits per heavy atom. The van der Waals surface area contributed by atoms with Crippen LogP contribution in [0.3, 0.4) is 0 Å². The molecule has 1 aromatic heterocycles. The van der Waals surface area contributed by atoms with Crippen LogP contribution in [0.2, 0.25) is 0 Å². The Hall–Kier alpha value is -3.41. The van der Waals surface area contributed by atoms with E-state index in [1.54, 1.807) is 4.68 Å². The van der Waals surface area contributed by atoms with Crippen molar-refractivity contribution in [2.24, 2.45) is 10.8 Å². The first-order valence-electron chi connectivity index (χ1n) is 8.58. The summed E-state index contributed by atoms with van der Waals surface area (Å²) in [6.07, 6.45) is 4.57. The lowest BCUT2D eigenvalue weighted by Gasteiger charge is -2.20. The van der Waals surface area contributed by atoms with E-state index in [4.69, 9.17) is 22.0 Å². The van der Waals surface area contributed by atoms with E-state index in [2.05, 4.69) is 4.98 Å². The monoisotopic (exact) mass is 344 g/mol. The fraction of sp³-hybridized carbons (Fsp3) is 0.150. The van der Waals surface area contributed by atoms with Gasteiger partial charge in [-0.1, -0.05) is 48.5 Å². The molecule has 0 unspecified atom stereocenters. The van der Waals surface area contributed by atoms with Crippen LogP contribution in [0.1, 0.15) is 29.5 Å². The average Bonchev–Trinajstić information content (AvgIpc) is 3.03. The number of imidazole rings is 1. The van der Waals surface area contributed by atoms with Gasteiger partial charge in [-0.15, -0.1) is 0 Å². The van der Waals surface area contributed by atoms with Crippen molar-refractivity contribution in [2.75, 3.05) is 5.73 Å². The highest BCUT2D eigenvalue weighted by atomic mass is 15.4. The first kappa shape index (κ1) is 16.1. The van der Waals surface area contributed by atoms with Gasteiger partial charge in [0.1, 0.15) is 5.84 Å².